The highest BCUT2D eigenvalue weighted by Gasteiger charge is 2.15. The predicted octanol–water partition coefficient (Wildman–Crippen LogP) is 2.84. The Bertz CT molecular complexity index is 396. The lowest BCUT2D eigenvalue weighted by Crippen LogP contribution is -2.32. The van der Waals surface area contributed by atoms with Gasteiger partial charge in [0.15, 0.2) is 0 Å². The second kappa shape index (κ2) is 6.95. The van der Waals surface area contributed by atoms with Gasteiger partial charge in [0.05, 0.1) is 23.0 Å². The van der Waals surface area contributed by atoms with Gasteiger partial charge in [0.25, 0.3) is 0 Å². The van der Waals surface area contributed by atoms with E-state index in [1.807, 2.05) is 6.92 Å². The van der Waals surface area contributed by atoms with E-state index in [9.17, 15) is 0 Å². The molecule has 0 radical (unpaired) electrons. The van der Waals surface area contributed by atoms with Gasteiger partial charge in [-0.15, -0.1) is 0 Å². The number of hydrogen-bond donors (Lipinski definition) is 1. The Morgan fingerprint density at radius 1 is 1.50 bits per heavy atom. The van der Waals surface area contributed by atoms with Crippen molar-refractivity contribution in [1.82, 2.24) is 4.98 Å². The first-order valence-electron chi connectivity index (χ1n) is 6.11. The van der Waals surface area contributed by atoms with E-state index >= 15 is 0 Å². The zero-order valence-corrected chi connectivity index (χ0v) is 13.1. The Hall–Kier alpha value is -0.810. The van der Waals surface area contributed by atoms with Gasteiger partial charge >= 0.3 is 0 Å². The Morgan fingerprint density at radius 2 is 2.17 bits per heavy atom. The minimum Gasteiger partial charge on any atom is -0.397 e. The van der Waals surface area contributed by atoms with Crippen LogP contribution in [0.3, 0.4) is 0 Å². The van der Waals surface area contributed by atoms with Crippen molar-refractivity contribution in [2.45, 2.75) is 20.8 Å². The molecular formula is C13H22BrN3O. The van der Waals surface area contributed by atoms with Gasteiger partial charge in [-0.3, -0.25) is 0 Å². The molecule has 2 N–H and O–H groups in total. The number of anilines is 2. The van der Waals surface area contributed by atoms with Crippen LogP contribution in [0.5, 0.6) is 0 Å². The quantitative estimate of drug-likeness (QED) is 0.877. The molecule has 0 aromatic carbocycles. The smallest absolute Gasteiger partial charge is 0.143 e. The summed E-state index contributed by atoms with van der Waals surface area (Å²) in [5, 5.41) is 0. The third kappa shape index (κ3) is 3.85. The van der Waals surface area contributed by atoms with Gasteiger partial charge in [0, 0.05) is 20.2 Å². The van der Waals surface area contributed by atoms with Crippen molar-refractivity contribution in [1.29, 1.82) is 0 Å². The van der Waals surface area contributed by atoms with Crippen molar-refractivity contribution in [2.24, 2.45) is 5.92 Å². The van der Waals surface area contributed by atoms with E-state index in [4.69, 9.17) is 10.5 Å². The van der Waals surface area contributed by atoms with Gasteiger partial charge in [-0.25, -0.2) is 4.98 Å². The average Bonchev–Trinajstić information content (AvgIpc) is 2.31. The maximum absolute atomic E-state index is 5.86. The van der Waals surface area contributed by atoms with Crippen molar-refractivity contribution in [3.05, 3.63) is 16.2 Å². The molecule has 0 saturated heterocycles. The normalized spacial score (nSPS) is 11.0. The molecule has 4 nitrogen and oxygen atoms in total. The number of methoxy groups -OCH3 is 1. The third-order valence-corrected chi connectivity index (χ3v) is 3.68. The zero-order chi connectivity index (χ0) is 13.7. The minimum atomic E-state index is 0.563. The highest BCUT2D eigenvalue weighted by molar-refractivity contribution is 9.10. The van der Waals surface area contributed by atoms with Gasteiger partial charge in [0.2, 0.25) is 0 Å². The van der Waals surface area contributed by atoms with E-state index in [1.165, 1.54) is 0 Å². The molecule has 0 aliphatic carbocycles. The number of ether oxygens (including phenoxy) is 1. The van der Waals surface area contributed by atoms with Crippen molar-refractivity contribution in [2.75, 3.05) is 37.4 Å². The molecule has 1 aromatic rings. The fraction of sp³-hybridized carbons (Fsp3) is 0.615. The van der Waals surface area contributed by atoms with Crippen molar-refractivity contribution in [3.8, 4) is 0 Å². The molecule has 0 aliphatic rings. The largest absolute Gasteiger partial charge is 0.397 e. The summed E-state index contributed by atoms with van der Waals surface area (Å²) >= 11 is 3.59. The number of nitrogens with two attached hydrogens (primary N) is 1. The molecular weight excluding hydrogens is 294 g/mol. The number of aromatic nitrogens is 1. The lowest BCUT2D eigenvalue weighted by atomic mass is 10.2. The van der Waals surface area contributed by atoms with E-state index in [1.54, 1.807) is 13.3 Å². The Labute approximate surface area is 118 Å². The molecule has 1 rings (SSSR count). The molecule has 102 valence electrons. The molecule has 0 atom stereocenters. The fourth-order valence-corrected chi connectivity index (χ4v) is 2.31. The molecule has 0 amide bonds. The Morgan fingerprint density at radius 3 is 2.72 bits per heavy atom. The van der Waals surface area contributed by atoms with E-state index in [2.05, 4.69) is 39.7 Å². The molecule has 0 fully saturated rings. The van der Waals surface area contributed by atoms with Crippen molar-refractivity contribution >= 4 is 27.4 Å². The molecule has 0 spiro atoms. The molecule has 1 aromatic heterocycles. The average molecular weight is 316 g/mol. The van der Waals surface area contributed by atoms with Crippen LogP contribution in [0.15, 0.2) is 10.7 Å². The summed E-state index contributed by atoms with van der Waals surface area (Å²) in [5.41, 5.74) is 7.60. The Kier molecular flexibility index (Phi) is 5.88. The number of rotatable bonds is 6. The first-order valence-corrected chi connectivity index (χ1v) is 6.91. The number of nitrogen functional groups attached to an aromatic ring is 1. The van der Waals surface area contributed by atoms with E-state index in [-0.39, 0.29) is 0 Å². The summed E-state index contributed by atoms with van der Waals surface area (Å²) in [6.07, 6.45) is 1.72. The molecule has 0 aliphatic heterocycles. The molecule has 1 heterocycles. The molecule has 0 bridgehead atoms. The number of pyridine rings is 1. The second-order valence-corrected chi connectivity index (χ2v) is 5.60. The van der Waals surface area contributed by atoms with Gasteiger partial charge in [-0.1, -0.05) is 13.8 Å². The van der Waals surface area contributed by atoms with E-state index < -0.39 is 0 Å². The van der Waals surface area contributed by atoms with Crippen LogP contribution in [0, 0.1) is 12.8 Å². The van der Waals surface area contributed by atoms with Crippen LogP contribution in [0.1, 0.15) is 19.4 Å². The van der Waals surface area contributed by atoms with E-state index in [0.29, 0.717) is 18.2 Å². The van der Waals surface area contributed by atoms with Gasteiger partial charge in [0.1, 0.15) is 5.82 Å². The van der Waals surface area contributed by atoms with E-state index in [0.717, 1.165) is 28.9 Å². The van der Waals surface area contributed by atoms with Crippen LogP contribution < -0.4 is 10.6 Å². The van der Waals surface area contributed by atoms with Crippen molar-refractivity contribution < 1.29 is 4.74 Å². The number of nitrogens with zero attached hydrogens (tertiary/aromatic N) is 2. The number of hydrogen-bond acceptors (Lipinski definition) is 4. The maximum atomic E-state index is 5.86. The SMILES string of the molecule is COCCN(CC(C)C)c1ncc(N)c(C)c1Br. The van der Waals surface area contributed by atoms with Gasteiger partial charge in [-0.2, -0.15) is 0 Å². The van der Waals surface area contributed by atoms with Crippen LogP contribution in [0.25, 0.3) is 0 Å². The highest BCUT2D eigenvalue weighted by Crippen LogP contribution is 2.30. The highest BCUT2D eigenvalue weighted by atomic mass is 79.9. The van der Waals surface area contributed by atoms with Crippen LogP contribution in [0.4, 0.5) is 11.5 Å². The van der Waals surface area contributed by atoms with Crippen LogP contribution >= 0.6 is 15.9 Å². The predicted molar refractivity (Wildman–Crippen MR) is 80.0 cm³/mol. The van der Waals surface area contributed by atoms with Crippen LogP contribution in [-0.4, -0.2) is 31.8 Å². The maximum Gasteiger partial charge on any atom is 0.143 e. The standard InChI is InChI=1S/C13H22BrN3O/c1-9(2)8-17(5-6-18-4)13-12(14)10(3)11(15)7-16-13/h7,9H,5-6,8,15H2,1-4H3. The topological polar surface area (TPSA) is 51.4 Å². The summed E-state index contributed by atoms with van der Waals surface area (Å²) in [5.74, 6) is 1.50. The Balaban J connectivity index is 3.00. The van der Waals surface area contributed by atoms with Gasteiger partial charge < -0.3 is 15.4 Å². The van der Waals surface area contributed by atoms with Gasteiger partial charge in [-0.05, 0) is 34.3 Å². The zero-order valence-electron chi connectivity index (χ0n) is 11.5. The summed E-state index contributed by atoms with van der Waals surface area (Å²) < 4.78 is 6.13. The summed E-state index contributed by atoms with van der Waals surface area (Å²) in [6.45, 7) is 8.83. The molecule has 0 unspecified atom stereocenters. The fourth-order valence-electron chi connectivity index (χ4n) is 1.72. The monoisotopic (exact) mass is 315 g/mol. The third-order valence-electron chi connectivity index (χ3n) is 2.73. The second-order valence-electron chi connectivity index (χ2n) is 4.81. The first-order chi connectivity index (χ1) is 8.47. The lowest BCUT2D eigenvalue weighted by Gasteiger charge is -2.27. The lowest BCUT2D eigenvalue weighted by molar-refractivity contribution is 0.204. The minimum absolute atomic E-state index is 0.563. The number of halogens is 1. The molecule has 18 heavy (non-hydrogen) atoms. The summed E-state index contributed by atoms with van der Waals surface area (Å²) in [4.78, 5) is 6.67. The molecule has 0 saturated carbocycles. The first kappa shape index (κ1) is 15.2. The molecule has 5 heteroatoms. The van der Waals surface area contributed by atoms with Crippen LogP contribution in [-0.2, 0) is 4.74 Å². The van der Waals surface area contributed by atoms with Crippen molar-refractivity contribution in [3.63, 3.8) is 0 Å². The summed E-state index contributed by atoms with van der Waals surface area (Å²) in [7, 11) is 1.71. The van der Waals surface area contributed by atoms with Crippen LogP contribution in [0.2, 0.25) is 0 Å². The summed E-state index contributed by atoms with van der Waals surface area (Å²) in [6, 6.07) is 0.